The average Bonchev–Trinajstić information content (AvgIpc) is 2.43. The summed E-state index contributed by atoms with van der Waals surface area (Å²) in [6.45, 7) is 13.6. The number of fused-ring (bicyclic) bond motifs is 3. The molecule has 0 aromatic heterocycles. The lowest BCUT2D eigenvalue weighted by atomic mass is 9.44. The fourth-order valence-electron chi connectivity index (χ4n) is 5.91. The summed E-state index contributed by atoms with van der Waals surface area (Å²) in [5.74, 6) is 1.24. The van der Waals surface area contributed by atoms with E-state index in [1.807, 2.05) is 0 Å². The summed E-state index contributed by atoms with van der Waals surface area (Å²) >= 11 is 0. The first-order valence-electron chi connectivity index (χ1n) is 8.76. The second-order valence-corrected chi connectivity index (χ2v) is 9.02. The van der Waals surface area contributed by atoms with E-state index in [9.17, 15) is 5.11 Å². The lowest BCUT2D eigenvalue weighted by Gasteiger charge is -2.61. The minimum Gasteiger partial charge on any atom is -0.393 e. The molecule has 21 heavy (non-hydrogen) atoms. The normalized spacial score (nSPS) is 48.8. The van der Waals surface area contributed by atoms with Crippen LogP contribution in [0.2, 0.25) is 0 Å². The fraction of sp³-hybridized carbons (Fsp3) is 0.800. The average molecular weight is 288 g/mol. The maximum Gasteiger partial charge on any atom is 0.0602 e. The third-order valence-corrected chi connectivity index (χ3v) is 7.35. The molecule has 0 unspecified atom stereocenters. The molecular weight excluding hydrogens is 256 g/mol. The van der Waals surface area contributed by atoms with Crippen molar-refractivity contribution in [1.82, 2.24) is 0 Å². The standard InChI is InChI=1S/C20H32O/c1-6-19(4)12-9-15-14(13-19)7-8-16-18(2,3)11-10-17(21)20(15,16)5/h6,13,15-17,21H,1,7-12H2,2-5H3/t15-,16-,17+,19-,20+/m1/s1. The SMILES string of the molecule is C=C[C@@]1(C)C=C2CC[C@@H]3C(C)(C)CC[C@H](O)[C@@]3(C)[C@@H]2CC1. The minimum atomic E-state index is -0.127. The van der Waals surface area contributed by atoms with Crippen molar-refractivity contribution in [3.05, 3.63) is 24.3 Å². The van der Waals surface area contributed by atoms with E-state index in [0.717, 1.165) is 6.42 Å². The van der Waals surface area contributed by atoms with Gasteiger partial charge in [-0.1, -0.05) is 45.4 Å². The molecule has 3 rings (SSSR count). The summed E-state index contributed by atoms with van der Waals surface area (Å²) in [7, 11) is 0. The number of allylic oxidation sites excluding steroid dienone is 3. The zero-order valence-electron chi connectivity index (χ0n) is 14.3. The third kappa shape index (κ3) is 2.15. The van der Waals surface area contributed by atoms with Gasteiger partial charge in [0.15, 0.2) is 0 Å². The monoisotopic (exact) mass is 288 g/mol. The van der Waals surface area contributed by atoms with Crippen LogP contribution in [-0.2, 0) is 0 Å². The van der Waals surface area contributed by atoms with Crippen LogP contribution in [0.4, 0.5) is 0 Å². The topological polar surface area (TPSA) is 20.2 Å². The molecule has 0 aromatic rings. The number of hydrogen-bond donors (Lipinski definition) is 1. The lowest BCUT2D eigenvalue weighted by Crippen LogP contribution is -2.57. The van der Waals surface area contributed by atoms with Gasteiger partial charge in [0.1, 0.15) is 0 Å². The van der Waals surface area contributed by atoms with Crippen molar-refractivity contribution in [3.8, 4) is 0 Å². The van der Waals surface area contributed by atoms with Crippen LogP contribution in [0.1, 0.15) is 66.2 Å². The molecule has 2 fully saturated rings. The molecule has 1 nitrogen and oxygen atoms in total. The molecule has 1 N–H and O–H groups in total. The number of rotatable bonds is 1. The van der Waals surface area contributed by atoms with Crippen LogP contribution in [0.5, 0.6) is 0 Å². The Morgan fingerprint density at radius 1 is 1.14 bits per heavy atom. The van der Waals surface area contributed by atoms with Crippen LogP contribution in [-0.4, -0.2) is 11.2 Å². The van der Waals surface area contributed by atoms with Gasteiger partial charge < -0.3 is 5.11 Å². The van der Waals surface area contributed by atoms with Gasteiger partial charge in [-0.15, -0.1) is 6.58 Å². The van der Waals surface area contributed by atoms with Gasteiger partial charge in [-0.3, -0.25) is 0 Å². The molecule has 0 radical (unpaired) electrons. The highest BCUT2D eigenvalue weighted by atomic mass is 16.3. The molecular formula is C20H32O. The van der Waals surface area contributed by atoms with E-state index < -0.39 is 0 Å². The highest BCUT2D eigenvalue weighted by Gasteiger charge is 2.58. The summed E-state index contributed by atoms with van der Waals surface area (Å²) in [4.78, 5) is 0. The molecule has 118 valence electrons. The largest absolute Gasteiger partial charge is 0.393 e. The zero-order valence-corrected chi connectivity index (χ0v) is 14.3. The molecule has 0 bridgehead atoms. The zero-order chi connectivity index (χ0) is 15.5. The van der Waals surface area contributed by atoms with Crippen molar-refractivity contribution in [2.75, 3.05) is 0 Å². The second kappa shape index (κ2) is 4.72. The summed E-state index contributed by atoms with van der Waals surface area (Å²) < 4.78 is 0. The van der Waals surface area contributed by atoms with E-state index in [2.05, 4.69) is 46.4 Å². The van der Waals surface area contributed by atoms with Gasteiger partial charge in [0.2, 0.25) is 0 Å². The minimum absolute atomic E-state index is 0.0777. The van der Waals surface area contributed by atoms with Crippen molar-refractivity contribution in [2.45, 2.75) is 72.3 Å². The van der Waals surface area contributed by atoms with Crippen molar-refractivity contribution < 1.29 is 5.11 Å². The third-order valence-electron chi connectivity index (χ3n) is 7.35. The van der Waals surface area contributed by atoms with Gasteiger partial charge >= 0.3 is 0 Å². The van der Waals surface area contributed by atoms with Crippen LogP contribution >= 0.6 is 0 Å². The Bertz CT molecular complexity index is 474. The summed E-state index contributed by atoms with van der Waals surface area (Å²) in [5, 5.41) is 10.9. The summed E-state index contributed by atoms with van der Waals surface area (Å²) in [6, 6.07) is 0. The van der Waals surface area contributed by atoms with Gasteiger partial charge in [0, 0.05) is 10.8 Å². The van der Waals surface area contributed by atoms with Crippen molar-refractivity contribution in [1.29, 1.82) is 0 Å². The Morgan fingerprint density at radius 3 is 2.52 bits per heavy atom. The van der Waals surface area contributed by atoms with E-state index in [1.54, 1.807) is 5.57 Å². The molecule has 0 aromatic carbocycles. The second-order valence-electron chi connectivity index (χ2n) is 9.02. The Balaban J connectivity index is 2.01. The first-order valence-corrected chi connectivity index (χ1v) is 8.76. The number of aliphatic hydroxyl groups is 1. The first kappa shape index (κ1) is 15.3. The maximum atomic E-state index is 10.9. The van der Waals surface area contributed by atoms with Crippen molar-refractivity contribution >= 4 is 0 Å². The van der Waals surface area contributed by atoms with E-state index in [-0.39, 0.29) is 16.9 Å². The maximum absolute atomic E-state index is 10.9. The van der Waals surface area contributed by atoms with Gasteiger partial charge in [0.05, 0.1) is 6.10 Å². The lowest BCUT2D eigenvalue weighted by molar-refractivity contribution is -0.141. The Hall–Kier alpha value is -0.560. The smallest absolute Gasteiger partial charge is 0.0602 e. The van der Waals surface area contributed by atoms with Crippen molar-refractivity contribution in [3.63, 3.8) is 0 Å². The quantitative estimate of drug-likeness (QED) is 0.665. The van der Waals surface area contributed by atoms with Crippen LogP contribution in [0.25, 0.3) is 0 Å². The van der Waals surface area contributed by atoms with Crippen LogP contribution in [0, 0.1) is 28.1 Å². The van der Waals surface area contributed by atoms with Crippen LogP contribution in [0.3, 0.4) is 0 Å². The molecule has 0 aliphatic heterocycles. The molecule has 2 saturated carbocycles. The predicted molar refractivity (Wildman–Crippen MR) is 89.0 cm³/mol. The molecule has 3 aliphatic carbocycles. The van der Waals surface area contributed by atoms with Crippen LogP contribution in [0.15, 0.2) is 24.3 Å². The van der Waals surface area contributed by atoms with E-state index in [1.165, 1.54) is 32.1 Å². The van der Waals surface area contributed by atoms with Gasteiger partial charge in [-0.2, -0.15) is 0 Å². The molecule has 5 atom stereocenters. The Morgan fingerprint density at radius 2 is 1.86 bits per heavy atom. The highest BCUT2D eigenvalue weighted by molar-refractivity contribution is 5.27. The molecule has 0 heterocycles. The van der Waals surface area contributed by atoms with Gasteiger partial charge in [-0.05, 0) is 55.8 Å². The van der Waals surface area contributed by atoms with Crippen molar-refractivity contribution in [2.24, 2.45) is 28.1 Å². The summed E-state index contributed by atoms with van der Waals surface area (Å²) in [5.41, 5.74) is 2.23. The van der Waals surface area contributed by atoms with Gasteiger partial charge in [-0.25, -0.2) is 0 Å². The molecule has 3 aliphatic rings. The summed E-state index contributed by atoms with van der Waals surface area (Å²) in [6.07, 6.45) is 11.5. The highest BCUT2D eigenvalue weighted by Crippen LogP contribution is 2.63. The molecule has 0 spiro atoms. The molecule has 0 amide bonds. The number of aliphatic hydroxyl groups excluding tert-OH is 1. The molecule has 0 saturated heterocycles. The fourth-order valence-corrected chi connectivity index (χ4v) is 5.91. The number of hydrogen-bond acceptors (Lipinski definition) is 1. The van der Waals surface area contributed by atoms with E-state index in [0.29, 0.717) is 17.3 Å². The first-order chi connectivity index (χ1) is 9.73. The Labute approximate surface area is 130 Å². The van der Waals surface area contributed by atoms with Gasteiger partial charge in [0.25, 0.3) is 0 Å². The Kier molecular flexibility index (Phi) is 3.44. The van der Waals surface area contributed by atoms with E-state index in [4.69, 9.17) is 0 Å². The van der Waals surface area contributed by atoms with Crippen LogP contribution < -0.4 is 0 Å². The van der Waals surface area contributed by atoms with E-state index >= 15 is 0 Å². The predicted octanol–water partition coefficient (Wildman–Crippen LogP) is 5.11. The molecule has 1 heteroatoms.